The zero-order chi connectivity index (χ0) is 25.8. The number of pyridine rings is 1. The summed E-state index contributed by atoms with van der Waals surface area (Å²) in [5.74, 6) is 0.0740. The summed E-state index contributed by atoms with van der Waals surface area (Å²) in [6.07, 6.45) is 4.35. The molecule has 1 saturated heterocycles. The van der Waals surface area contributed by atoms with Gasteiger partial charge in [-0.2, -0.15) is 0 Å². The molecule has 36 heavy (non-hydrogen) atoms. The third-order valence-corrected chi connectivity index (χ3v) is 7.93. The molecule has 1 aliphatic rings. The van der Waals surface area contributed by atoms with Crippen molar-refractivity contribution in [3.8, 4) is 11.5 Å². The van der Waals surface area contributed by atoms with Crippen molar-refractivity contribution in [2.24, 2.45) is 5.92 Å². The highest BCUT2D eigenvalue weighted by molar-refractivity contribution is 7.21. The number of methoxy groups -OCH3 is 2. The van der Waals surface area contributed by atoms with E-state index in [0.29, 0.717) is 42.4 Å². The fraction of sp³-hybridized carbons (Fsp3) is 0.320. The van der Waals surface area contributed by atoms with Gasteiger partial charge in [-0.15, -0.1) is 11.3 Å². The molecule has 0 bridgehead atoms. The Morgan fingerprint density at radius 2 is 1.92 bits per heavy atom. The molecular weight excluding hydrogens is 547 g/mol. The van der Waals surface area contributed by atoms with Crippen LogP contribution in [0.25, 0.3) is 10.1 Å². The first kappa shape index (κ1) is 26.7. The summed E-state index contributed by atoms with van der Waals surface area (Å²) in [4.78, 5) is 30.5. The van der Waals surface area contributed by atoms with Crippen LogP contribution in [0.15, 0.2) is 36.0 Å². The third kappa shape index (κ3) is 5.63. The number of ketones is 1. The number of amides is 1. The van der Waals surface area contributed by atoms with Crippen molar-refractivity contribution in [2.75, 3.05) is 27.4 Å². The van der Waals surface area contributed by atoms with Gasteiger partial charge in [0.25, 0.3) is 0 Å². The molecule has 4 rings (SSSR count). The molecule has 0 spiro atoms. The molecule has 1 aromatic carbocycles. The van der Waals surface area contributed by atoms with Gasteiger partial charge in [-0.25, -0.2) is 0 Å². The average Bonchev–Trinajstić information content (AvgIpc) is 3.29. The first-order chi connectivity index (χ1) is 17.4. The zero-order valence-electron chi connectivity index (χ0n) is 19.5. The lowest BCUT2D eigenvalue weighted by molar-refractivity contribution is -0.118. The molecule has 7 nitrogen and oxygen atoms in total. The van der Waals surface area contributed by atoms with Crippen LogP contribution in [0.4, 0.5) is 0 Å². The summed E-state index contributed by atoms with van der Waals surface area (Å²) in [6.45, 7) is 1.09. The van der Waals surface area contributed by atoms with Crippen molar-refractivity contribution >= 4 is 67.9 Å². The minimum Gasteiger partial charge on any atom is -0.495 e. The molecule has 2 unspecified atom stereocenters. The van der Waals surface area contributed by atoms with E-state index in [2.05, 4.69) is 10.3 Å². The molecule has 1 aliphatic heterocycles. The summed E-state index contributed by atoms with van der Waals surface area (Å²) in [7, 11) is 2.91. The van der Waals surface area contributed by atoms with Crippen molar-refractivity contribution in [3.63, 3.8) is 0 Å². The maximum atomic E-state index is 13.4. The number of rotatable bonds is 8. The van der Waals surface area contributed by atoms with Crippen molar-refractivity contribution < 1.29 is 23.8 Å². The van der Waals surface area contributed by atoms with Crippen LogP contribution in [0, 0.1) is 5.92 Å². The van der Waals surface area contributed by atoms with Gasteiger partial charge in [0, 0.05) is 48.1 Å². The van der Waals surface area contributed by atoms with Crippen LogP contribution in [0.5, 0.6) is 11.5 Å². The fourth-order valence-electron chi connectivity index (χ4n) is 4.17. The monoisotopic (exact) mass is 568 g/mol. The number of carbonyl (C=O) groups excluding carboxylic acids is 2. The maximum Gasteiger partial charge on any atom is 0.245 e. The zero-order valence-corrected chi connectivity index (χ0v) is 22.6. The van der Waals surface area contributed by atoms with E-state index in [1.807, 2.05) is 6.07 Å². The first-order valence-electron chi connectivity index (χ1n) is 11.0. The molecule has 0 saturated carbocycles. The molecule has 1 amide bonds. The van der Waals surface area contributed by atoms with Gasteiger partial charge >= 0.3 is 0 Å². The molecule has 0 aliphatic carbocycles. The third-order valence-electron chi connectivity index (χ3n) is 5.97. The highest BCUT2D eigenvalue weighted by Gasteiger charge is 2.28. The largest absolute Gasteiger partial charge is 0.495 e. The molecule has 11 heteroatoms. The van der Waals surface area contributed by atoms with Crippen LogP contribution < -0.4 is 14.8 Å². The Bertz CT molecular complexity index is 1300. The predicted molar refractivity (Wildman–Crippen MR) is 142 cm³/mol. The van der Waals surface area contributed by atoms with E-state index in [1.165, 1.54) is 37.2 Å². The topological polar surface area (TPSA) is 86.8 Å². The van der Waals surface area contributed by atoms with Crippen molar-refractivity contribution in [3.05, 3.63) is 62.2 Å². The molecule has 3 heterocycles. The number of benzene rings is 1. The van der Waals surface area contributed by atoms with Gasteiger partial charge in [0.2, 0.25) is 11.7 Å². The minimum absolute atomic E-state index is 0.0523. The summed E-state index contributed by atoms with van der Waals surface area (Å²) in [5, 5.41) is 4.11. The Hall–Kier alpha value is -2.36. The van der Waals surface area contributed by atoms with Crippen LogP contribution in [0.3, 0.4) is 0 Å². The number of aromatic nitrogens is 1. The number of fused-ring (bicyclic) bond motifs is 1. The van der Waals surface area contributed by atoms with Gasteiger partial charge < -0.3 is 19.5 Å². The van der Waals surface area contributed by atoms with Gasteiger partial charge in [0.05, 0.1) is 46.0 Å². The van der Waals surface area contributed by atoms with E-state index in [1.54, 1.807) is 18.3 Å². The van der Waals surface area contributed by atoms with E-state index in [0.717, 1.165) is 15.8 Å². The lowest BCUT2D eigenvalue weighted by Crippen LogP contribution is -2.45. The Labute approximate surface area is 227 Å². The molecule has 2 atom stereocenters. The highest BCUT2D eigenvalue weighted by atomic mass is 35.5. The number of hydrogen-bond donors (Lipinski definition) is 1. The molecule has 190 valence electrons. The number of nitrogens with one attached hydrogen (secondary N) is 1. The van der Waals surface area contributed by atoms with Gasteiger partial charge in [0.1, 0.15) is 11.5 Å². The van der Waals surface area contributed by atoms with Crippen molar-refractivity contribution in [1.82, 2.24) is 10.3 Å². The van der Waals surface area contributed by atoms with Crippen LogP contribution >= 0.6 is 46.1 Å². The minimum atomic E-state index is -0.333. The first-order valence-corrected chi connectivity index (χ1v) is 13.0. The SMILES string of the molecule is COc1cc(OC)c(Cl)c(C(=O)c2cc3cc(CC4COCCC4NC(=O)C=CCl)ncc3s2)c1Cl. The second-order valence-electron chi connectivity index (χ2n) is 8.17. The van der Waals surface area contributed by atoms with Gasteiger partial charge in [-0.1, -0.05) is 34.8 Å². The van der Waals surface area contributed by atoms with Crippen LogP contribution in [0.1, 0.15) is 27.3 Å². The number of thiophene rings is 1. The number of carbonyl (C=O) groups is 2. The molecule has 1 fully saturated rings. The second kappa shape index (κ2) is 11.8. The molecule has 0 radical (unpaired) electrons. The van der Waals surface area contributed by atoms with E-state index >= 15 is 0 Å². The maximum absolute atomic E-state index is 13.4. The van der Waals surface area contributed by atoms with Crippen molar-refractivity contribution in [2.45, 2.75) is 18.9 Å². The van der Waals surface area contributed by atoms with Crippen LogP contribution in [-0.2, 0) is 16.0 Å². The van der Waals surface area contributed by atoms with E-state index in [4.69, 9.17) is 49.0 Å². The Kier molecular flexibility index (Phi) is 8.74. The summed E-state index contributed by atoms with van der Waals surface area (Å²) < 4.78 is 17.1. The lowest BCUT2D eigenvalue weighted by Gasteiger charge is -2.31. The van der Waals surface area contributed by atoms with E-state index in [9.17, 15) is 9.59 Å². The van der Waals surface area contributed by atoms with Crippen LogP contribution in [-0.4, -0.2) is 50.1 Å². The lowest BCUT2D eigenvalue weighted by atomic mass is 9.91. The number of halogens is 3. The van der Waals surface area contributed by atoms with E-state index in [-0.39, 0.29) is 39.3 Å². The molecule has 2 aromatic heterocycles. The Morgan fingerprint density at radius 1 is 1.19 bits per heavy atom. The van der Waals surface area contributed by atoms with E-state index < -0.39 is 0 Å². The molecular formula is C25H23Cl3N2O5S. The number of ether oxygens (including phenoxy) is 3. The van der Waals surface area contributed by atoms with Crippen molar-refractivity contribution in [1.29, 1.82) is 0 Å². The Balaban J connectivity index is 1.60. The summed E-state index contributed by atoms with van der Waals surface area (Å²) >= 11 is 19.7. The smallest absolute Gasteiger partial charge is 0.245 e. The second-order valence-corrected chi connectivity index (χ2v) is 10.3. The van der Waals surface area contributed by atoms with Gasteiger partial charge in [-0.05, 0) is 30.4 Å². The predicted octanol–water partition coefficient (Wildman–Crippen LogP) is 5.67. The van der Waals surface area contributed by atoms with Gasteiger partial charge in [0.15, 0.2) is 0 Å². The number of nitrogens with zero attached hydrogens (tertiary/aromatic N) is 1. The molecule has 3 aromatic rings. The summed E-state index contributed by atoms with van der Waals surface area (Å²) in [6, 6.07) is 5.24. The van der Waals surface area contributed by atoms with Gasteiger partial charge in [-0.3, -0.25) is 14.6 Å². The Morgan fingerprint density at radius 3 is 2.58 bits per heavy atom. The average molecular weight is 570 g/mol. The summed E-state index contributed by atoms with van der Waals surface area (Å²) in [5.41, 5.74) is 2.15. The fourth-order valence-corrected chi connectivity index (χ4v) is 5.91. The quantitative estimate of drug-likeness (QED) is 0.278. The molecule has 1 N–H and O–H groups in total. The highest BCUT2D eigenvalue weighted by Crippen LogP contribution is 2.42. The standard InChI is InChI=1S/C25H23Cl3N2O5S/c1-33-17-10-18(34-2)24(28)22(23(17)27)25(32)19-9-13-7-15(29-11-20(13)36-19)8-14-12-35-6-4-16(14)30-21(31)3-5-26/h3,5,7,9-11,14,16H,4,6,8,12H2,1-2H3,(H,30,31). The normalized spacial score (nSPS) is 17.9. The number of hydrogen-bond acceptors (Lipinski definition) is 7. The van der Waals surface area contributed by atoms with Crippen LogP contribution in [0.2, 0.25) is 10.0 Å².